The van der Waals surface area contributed by atoms with E-state index in [0.29, 0.717) is 12.8 Å². The van der Waals surface area contributed by atoms with Crippen LogP contribution in [0.15, 0.2) is 15.8 Å². The minimum absolute atomic E-state index is 0.283. The lowest BCUT2D eigenvalue weighted by Gasteiger charge is -2.15. The maximum Gasteiger partial charge on any atom is 0.567 e. The van der Waals surface area contributed by atoms with Gasteiger partial charge in [-0.1, -0.05) is 0 Å². The molecule has 0 amide bonds. The third kappa shape index (κ3) is 5.21. The molecule has 2 unspecified atom stereocenters. The number of nitrogens with one attached hydrogen (secondary N) is 1. The van der Waals surface area contributed by atoms with Crippen molar-refractivity contribution in [2.75, 3.05) is 13.7 Å². The highest BCUT2D eigenvalue weighted by Gasteiger charge is 2.37. The van der Waals surface area contributed by atoms with Gasteiger partial charge in [-0.2, -0.15) is 23.6 Å². The van der Waals surface area contributed by atoms with Crippen LogP contribution in [0.25, 0.3) is 0 Å². The first-order valence-corrected chi connectivity index (χ1v) is 7.66. The van der Waals surface area contributed by atoms with Gasteiger partial charge in [-0.15, -0.1) is 0 Å². The van der Waals surface area contributed by atoms with Crippen LogP contribution < -0.4 is 11.2 Å². The van der Waals surface area contributed by atoms with E-state index in [9.17, 15) is 14.0 Å². The highest BCUT2D eigenvalue weighted by atomic mass is 31.2. The molecule has 1 aromatic heterocycles. The zero-order valence-electron chi connectivity index (χ0n) is 11.5. The lowest BCUT2D eigenvalue weighted by atomic mass is 10.2. The van der Waals surface area contributed by atoms with E-state index in [-0.39, 0.29) is 6.61 Å². The van der Waals surface area contributed by atoms with Crippen molar-refractivity contribution in [1.82, 2.24) is 9.55 Å². The summed E-state index contributed by atoms with van der Waals surface area (Å²) >= 11 is 0. The van der Waals surface area contributed by atoms with Crippen molar-refractivity contribution in [2.45, 2.75) is 25.2 Å². The lowest BCUT2D eigenvalue weighted by molar-refractivity contribution is -0.0275. The van der Waals surface area contributed by atoms with Gasteiger partial charge in [0.2, 0.25) is 5.82 Å². The number of ether oxygens (including phenoxy) is 1. The molecule has 1 aliphatic heterocycles. The first-order chi connectivity index (χ1) is 10.3. The van der Waals surface area contributed by atoms with E-state index in [2.05, 4.69) is 4.52 Å². The Morgan fingerprint density at radius 2 is 2.05 bits per heavy atom. The van der Waals surface area contributed by atoms with E-state index >= 15 is 0 Å². The van der Waals surface area contributed by atoms with Gasteiger partial charge in [0.15, 0.2) is 0 Å². The predicted octanol–water partition coefficient (Wildman–Crippen LogP) is -1.37. The maximum atomic E-state index is 13.1. The Kier molecular flexibility index (Phi) is 6.75. The molecule has 12 heteroatoms. The second-order valence-electron chi connectivity index (χ2n) is 4.24. The molecule has 1 saturated heterocycles. The SMILES string of the molecule is CO.O=c1[nH]c(=O)n(C2CCC(CO[P+](O)(O)O)O2)cc1F. The molecule has 0 aromatic carbocycles. The highest BCUT2D eigenvalue weighted by molar-refractivity contribution is 7.53. The fourth-order valence-corrected chi connectivity index (χ4v) is 2.24. The molecule has 1 fully saturated rings. The highest BCUT2D eigenvalue weighted by Crippen LogP contribution is 2.46. The van der Waals surface area contributed by atoms with Gasteiger partial charge in [-0.05, 0) is 12.8 Å². The van der Waals surface area contributed by atoms with Crippen molar-refractivity contribution in [1.29, 1.82) is 0 Å². The maximum absolute atomic E-state index is 13.1. The summed E-state index contributed by atoms with van der Waals surface area (Å²) in [6.45, 7) is -0.283. The quantitative estimate of drug-likeness (QED) is 0.420. The molecule has 126 valence electrons. The average Bonchev–Trinajstić information content (AvgIpc) is 2.91. The summed E-state index contributed by atoms with van der Waals surface area (Å²) in [5.41, 5.74) is -1.92. The van der Waals surface area contributed by atoms with Crippen LogP contribution in [0, 0.1) is 5.82 Å². The van der Waals surface area contributed by atoms with Gasteiger partial charge >= 0.3 is 13.9 Å². The molecular formula is C10H17FN2O8P+. The van der Waals surface area contributed by atoms with E-state index in [1.54, 1.807) is 4.98 Å². The van der Waals surface area contributed by atoms with Gasteiger partial charge in [0.05, 0.1) is 12.3 Å². The van der Waals surface area contributed by atoms with Crippen molar-refractivity contribution >= 4 is 8.17 Å². The molecule has 1 aliphatic rings. The fraction of sp³-hybridized carbons (Fsp3) is 0.600. The molecule has 0 aliphatic carbocycles. The summed E-state index contributed by atoms with van der Waals surface area (Å²) in [7, 11) is -3.34. The molecule has 2 heterocycles. The largest absolute Gasteiger partial charge is 0.567 e. The summed E-state index contributed by atoms with van der Waals surface area (Å²) in [6.07, 6.45) is 0.0978. The van der Waals surface area contributed by atoms with Crippen LogP contribution in [0.5, 0.6) is 0 Å². The number of H-pyrrole nitrogens is 1. The Hall–Kier alpha value is -1.20. The summed E-state index contributed by atoms with van der Waals surface area (Å²) < 4.78 is 23.8. The van der Waals surface area contributed by atoms with Crippen LogP contribution in [-0.2, 0) is 9.26 Å². The van der Waals surface area contributed by atoms with Crippen LogP contribution in [0.1, 0.15) is 19.1 Å². The third-order valence-corrected chi connectivity index (χ3v) is 3.25. The number of hydrogen-bond acceptors (Lipinski definition) is 8. The van der Waals surface area contributed by atoms with Crippen LogP contribution in [-0.4, -0.2) is 49.2 Å². The standard InChI is InChI=1S/C9H12FN2O7P.CH4O/c10-6-3-12(9(14)11-8(6)13)7-2-1-5(19-7)4-18-20(15,16)17;1-2/h3,5,7,15-17H,1-2,4H2;2H,1H3/p+1. The van der Waals surface area contributed by atoms with Gasteiger partial charge in [-0.3, -0.25) is 14.3 Å². The molecule has 1 aromatic rings. The minimum atomic E-state index is -4.34. The molecule has 0 radical (unpaired) electrons. The molecule has 0 spiro atoms. The van der Waals surface area contributed by atoms with Crippen LogP contribution in [0.3, 0.4) is 0 Å². The second-order valence-corrected chi connectivity index (χ2v) is 5.53. The number of aliphatic hydroxyl groups excluding tert-OH is 1. The monoisotopic (exact) mass is 343 g/mol. The van der Waals surface area contributed by atoms with Crippen LogP contribution >= 0.6 is 8.17 Å². The molecule has 0 bridgehead atoms. The van der Waals surface area contributed by atoms with E-state index < -0.39 is 37.6 Å². The number of aliphatic hydroxyl groups is 1. The minimum Gasteiger partial charge on any atom is -0.400 e. The molecule has 2 rings (SSSR count). The van der Waals surface area contributed by atoms with E-state index in [4.69, 9.17) is 24.5 Å². The van der Waals surface area contributed by atoms with Crippen molar-refractivity contribution in [3.8, 4) is 0 Å². The predicted molar refractivity (Wildman–Crippen MR) is 72.1 cm³/mol. The summed E-state index contributed by atoms with van der Waals surface area (Å²) in [5.74, 6) is -1.11. The topological polar surface area (TPSA) is 154 Å². The fourth-order valence-electron chi connectivity index (χ4n) is 1.87. The van der Waals surface area contributed by atoms with Crippen molar-refractivity contribution in [3.05, 3.63) is 32.9 Å². The normalized spacial score (nSPS) is 21.4. The molecule has 2 atom stereocenters. The summed E-state index contributed by atoms with van der Waals surface area (Å²) in [5, 5.41) is 7.00. The zero-order chi connectivity index (χ0) is 16.9. The first-order valence-electron chi connectivity index (χ1n) is 6.09. The van der Waals surface area contributed by atoms with Gasteiger partial charge in [0.25, 0.3) is 5.56 Å². The van der Waals surface area contributed by atoms with E-state index in [1.807, 2.05) is 0 Å². The van der Waals surface area contributed by atoms with Gasteiger partial charge in [0.1, 0.15) is 12.8 Å². The Bertz CT molecular complexity index is 598. The smallest absolute Gasteiger partial charge is 0.400 e. The number of nitrogens with zero attached hydrogens (tertiary/aromatic N) is 1. The second kappa shape index (κ2) is 7.88. The van der Waals surface area contributed by atoms with Gasteiger partial charge in [-0.25, -0.2) is 4.79 Å². The third-order valence-electron chi connectivity index (χ3n) is 2.75. The van der Waals surface area contributed by atoms with Crippen molar-refractivity contribution < 1.29 is 33.4 Å². The average molecular weight is 343 g/mol. The summed E-state index contributed by atoms with van der Waals surface area (Å²) in [4.78, 5) is 50.2. The Labute approximate surface area is 124 Å². The number of aromatic amines is 1. The van der Waals surface area contributed by atoms with Crippen molar-refractivity contribution in [3.63, 3.8) is 0 Å². The number of halogens is 1. The Morgan fingerprint density at radius 1 is 1.41 bits per heavy atom. The number of hydrogen-bond donors (Lipinski definition) is 5. The molecule has 5 N–H and O–H groups in total. The van der Waals surface area contributed by atoms with Crippen molar-refractivity contribution in [2.24, 2.45) is 0 Å². The zero-order valence-corrected chi connectivity index (χ0v) is 12.4. The molecule has 10 nitrogen and oxygen atoms in total. The van der Waals surface area contributed by atoms with E-state index in [0.717, 1.165) is 17.9 Å². The van der Waals surface area contributed by atoms with Crippen LogP contribution in [0.4, 0.5) is 4.39 Å². The van der Waals surface area contributed by atoms with E-state index in [1.165, 1.54) is 0 Å². The Morgan fingerprint density at radius 3 is 2.64 bits per heavy atom. The molecule has 0 saturated carbocycles. The number of aromatic nitrogens is 2. The lowest BCUT2D eigenvalue weighted by Crippen LogP contribution is -2.34. The molecule has 22 heavy (non-hydrogen) atoms. The summed E-state index contributed by atoms with van der Waals surface area (Å²) in [6, 6.07) is 0. The molecular weight excluding hydrogens is 326 g/mol. The Balaban J connectivity index is 0.00000116. The first kappa shape index (κ1) is 18.8. The van der Waals surface area contributed by atoms with Crippen LogP contribution in [0.2, 0.25) is 0 Å². The van der Waals surface area contributed by atoms with Gasteiger partial charge in [0, 0.05) is 7.11 Å². The number of rotatable bonds is 4. The van der Waals surface area contributed by atoms with Gasteiger partial charge < -0.3 is 9.84 Å².